The maximum atomic E-state index is 12.2. The molecule has 0 spiro atoms. The normalized spacial score (nSPS) is 22.3. The summed E-state index contributed by atoms with van der Waals surface area (Å²) in [6.07, 6.45) is 7.78. The topological polar surface area (TPSA) is 58.4 Å². The molecule has 1 saturated heterocycles. The van der Waals surface area contributed by atoms with E-state index in [0.717, 1.165) is 42.0 Å². The molecule has 2 atom stereocenters. The van der Waals surface area contributed by atoms with Gasteiger partial charge in [-0.1, -0.05) is 6.92 Å². The highest BCUT2D eigenvalue weighted by atomic mass is 16.3. The van der Waals surface area contributed by atoms with E-state index < -0.39 is 0 Å². The Labute approximate surface area is 154 Å². The Morgan fingerprint density at radius 3 is 2.73 bits per heavy atom. The molecule has 26 heavy (non-hydrogen) atoms. The van der Waals surface area contributed by atoms with Crippen molar-refractivity contribution in [2.75, 3.05) is 23.3 Å². The lowest BCUT2D eigenvalue weighted by Gasteiger charge is -2.27. The smallest absolute Gasteiger partial charge is 0.224 e. The number of pyridine rings is 1. The number of hydrogen-bond acceptors (Lipinski definition) is 4. The Morgan fingerprint density at radius 2 is 2.04 bits per heavy atom. The molecule has 138 valence electrons. The first-order valence-corrected chi connectivity index (χ1v) is 9.78. The predicted molar refractivity (Wildman–Crippen MR) is 102 cm³/mol. The van der Waals surface area contributed by atoms with Crippen molar-refractivity contribution in [3.8, 4) is 0 Å². The van der Waals surface area contributed by atoms with Gasteiger partial charge in [0, 0.05) is 31.8 Å². The molecule has 1 saturated carbocycles. The highest BCUT2D eigenvalue weighted by Gasteiger charge is 2.36. The first-order valence-electron chi connectivity index (χ1n) is 9.78. The van der Waals surface area contributed by atoms with E-state index in [1.807, 2.05) is 18.2 Å². The Balaban J connectivity index is 1.25. The minimum Gasteiger partial charge on any atom is -0.466 e. The summed E-state index contributed by atoms with van der Waals surface area (Å²) < 4.78 is 5.86. The fraction of sp³-hybridized carbons (Fsp3) is 0.524. The van der Waals surface area contributed by atoms with Crippen molar-refractivity contribution in [3.05, 3.63) is 42.0 Å². The average Bonchev–Trinajstić information content (AvgIpc) is 3.21. The van der Waals surface area contributed by atoms with Gasteiger partial charge in [0.2, 0.25) is 5.91 Å². The minimum absolute atomic E-state index is 0.00439. The predicted octanol–water partition coefficient (Wildman–Crippen LogP) is 4.36. The molecule has 0 unspecified atom stereocenters. The second kappa shape index (κ2) is 7.52. The maximum absolute atomic E-state index is 12.2. The van der Waals surface area contributed by atoms with Gasteiger partial charge in [0.05, 0.1) is 11.9 Å². The summed E-state index contributed by atoms with van der Waals surface area (Å²) in [5.41, 5.74) is 0.752. The van der Waals surface area contributed by atoms with E-state index in [1.54, 1.807) is 6.20 Å². The number of piperidine rings is 1. The van der Waals surface area contributed by atoms with Crippen LogP contribution < -0.4 is 10.2 Å². The molecule has 2 aromatic heterocycles. The number of aryl methyl sites for hydroxylation is 1. The van der Waals surface area contributed by atoms with Crippen LogP contribution in [0.5, 0.6) is 0 Å². The van der Waals surface area contributed by atoms with Crippen LogP contribution in [0.3, 0.4) is 0 Å². The van der Waals surface area contributed by atoms with Gasteiger partial charge in [-0.15, -0.1) is 0 Å². The van der Waals surface area contributed by atoms with Crippen LogP contribution in [0.1, 0.15) is 56.5 Å². The Hall–Kier alpha value is -2.30. The van der Waals surface area contributed by atoms with Crippen LogP contribution in [0, 0.1) is 5.92 Å². The fourth-order valence-electron chi connectivity index (χ4n) is 3.68. The molecule has 4 rings (SSSR count). The number of furan rings is 1. The molecule has 1 aliphatic heterocycles. The van der Waals surface area contributed by atoms with Crippen molar-refractivity contribution in [2.45, 2.75) is 51.4 Å². The number of amides is 1. The van der Waals surface area contributed by atoms with Gasteiger partial charge in [-0.3, -0.25) is 4.79 Å². The number of nitrogens with zero attached hydrogens (tertiary/aromatic N) is 2. The first kappa shape index (κ1) is 17.1. The molecular formula is C21H27N3O2. The Morgan fingerprint density at radius 1 is 1.23 bits per heavy atom. The standard InChI is InChI=1S/C21H27N3O2/c1-15-13-18(15)19-8-6-17(26-19)7-10-21(25)23-16-5-9-20(22-14-16)24-11-3-2-4-12-24/h5-6,8-9,14-15,18H,2-4,7,10-13H2,1H3,(H,23,25)/t15-,18-/m0/s1. The molecule has 1 amide bonds. The van der Waals surface area contributed by atoms with E-state index in [0.29, 0.717) is 18.8 Å². The lowest BCUT2D eigenvalue weighted by Crippen LogP contribution is -2.30. The van der Waals surface area contributed by atoms with Crippen molar-refractivity contribution in [1.82, 2.24) is 4.98 Å². The lowest BCUT2D eigenvalue weighted by molar-refractivity contribution is -0.116. The number of aromatic nitrogens is 1. The van der Waals surface area contributed by atoms with Crippen molar-refractivity contribution < 1.29 is 9.21 Å². The van der Waals surface area contributed by atoms with Crippen molar-refractivity contribution in [3.63, 3.8) is 0 Å². The zero-order valence-corrected chi connectivity index (χ0v) is 15.4. The van der Waals surface area contributed by atoms with Gasteiger partial charge in [-0.2, -0.15) is 0 Å². The lowest BCUT2D eigenvalue weighted by atomic mass is 10.1. The third kappa shape index (κ3) is 4.09. The molecule has 0 aromatic carbocycles. The van der Waals surface area contributed by atoms with E-state index in [1.165, 1.54) is 25.7 Å². The minimum atomic E-state index is -0.00439. The Kier molecular flexibility index (Phi) is 4.96. The molecule has 0 bridgehead atoms. The van der Waals surface area contributed by atoms with Gasteiger partial charge in [-0.05, 0) is 55.9 Å². The number of carbonyl (C=O) groups excluding carboxylic acids is 1. The van der Waals surface area contributed by atoms with Crippen LogP contribution in [0.2, 0.25) is 0 Å². The van der Waals surface area contributed by atoms with Gasteiger partial charge in [-0.25, -0.2) is 4.98 Å². The van der Waals surface area contributed by atoms with Gasteiger partial charge in [0.15, 0.2) is 0 Å². The molecule has 2 fully saturated rings. The number of anilines is 2. The number of rotatable bonds is 6. The van der Waals surface area contributed by atoms with E-state index in [4.69, 9.17) is 4.42 Å². The zero-order chi connectivity index (χ0) is 17.9. The van der Waals surface area contributed by atoms with Crippen LogP contribution in [-0.4, -0.2) is 24.0 Å². The quantitative estimate of drug-likeness (QED) is 0.838. The van der Waals surface area contributed by atoms with Crippen LogP contribution in [0.4, 0.5) is 11.5 Å². The molecule has 2 aromatic rings. The summed E-state index contributed by atoms with van der Waals surface area (Å²) >= 11 is 0. The summed E-state index contributed by atoms with van der Waals surface area (Å²) in [6.45, 7) is 4.39. The molecule has 5 nitrogen and oxygen atoms in total. The Bertz CT molecular complexity index is 747. The van der Waals surface area contributed by atoms with Crippen LogP contribution in [-0.2, 0) is 11.2 Å². The SMILES string of the molecule is C[C@H]1C[C@@H]1c1ccc(CCC(=O)Nc2ccc(N3CCCCC3)nc2)o1. The third-order valence-electron chi connectivity index (χ3n) is 5.47. The largest absolute Gasteiger partial charge is 0.466 e. The van der Waals surface area contributed by atoms with Gasteiger partial charge >= 0.3 is 0 Å². The van der Waals surface area contributed by atoms with E-state index in [9.17, 15) is 4.79 Å². The molecule has 1 aliphatic carbocycles. The summed E-state index contributed by atoms with van der Waals surface area (Å²) in [6, 6.07) is 8.00. The molecule has 2 aliphatic rings. The number of hydrogen-bond donors (Lipinski definition) is 1. The summed E-state index contributed by atoms with van der Waals surface area (Å²) in [5.74, 6) is 4.29. The molecular weight excluding hydrogens is 326 g/mol. The van der Waals surface area contributed by atoms with E-state index >= 15 is 0 Å². The van der Waals surface area contributed by atoms with Gasteiger partial charge < -0.3 is 14.6 Å². The van der Waals surface area contributed by atoms with Crippen LogP contribution in [0.25, 0.3) is 0 Å². The van der Waals surface area contributed by atoms with Gasteiger partial charge in [0.1, 0.15) is 17.3 Å². The molecule has 1 N–H and O–H groups in total. The van der Waals surface area contributed by atoms with E-state index in [2.05, 4.69) is 28.2 Å². The number of nitrogens with one attached hydrogen (secondary N) is 1. The monoisotopic (exact) mass is 353 g/mol. The second-order valence-electron chi connectivity index (χ2n) is 7.62. The molecule has 5 heteroatoms. The first-order chi connectivity index (χ1) is 12.7. The highest BCUT2D eigenvalue weighted by molar-refractivity contribution is 5.90. The molecule has 3 heterocycles. The summed E-state index contributed by atoms with van der Waals surface area (Å²) in [4.78, 5) is 19.0. The average molecular weight is 353 g/mol. The van der Waals surface area contributed by atoms with Crippen molar-refractivity contribution >= 4 is 17.4 Å². The maximum Gasteiger partial charge on any atom is 0.224 e. The van der Waals surface area contributed by atoms with Crippen LogP contribution in [0.15, 0.2) is 34.9 Å². The summed E-state index contributed by atoms with van der Waals surface area (Å²) in [5, 5.41) is 2.93. The highest BCUT2D eigenvalue weighted by Crippen LogP contribution is 2.47. The van der Waals surface area contributed by atoms with E-state index in [-0.39, 0.29) is 5.91 Å². The third-order valence-corrected chi connectivity index (χ3v) is 5.47. The van der Waals surface area contributed by atoms with Crippen molar-refractivity contribution in [2.24, 2.45) is 5.92 Å². The molecule has 0 radical (unpaired) electrons. The second-order valence-corrected chi connectivity index (χ2v) is 7.62. The zero-order valence-electron chi connectivity index (χ0n) is 15.4. The summed E-state index contributed by atoms with van der Waals surface area (Å²) in [7, 11) is 0. The number of carbonyl (C=O) groups is 1. The van der Waals surface area contributed by atoms with Gasteiger partial charge in [0.25, 0.3) is 0 Å². The fourth-order valence-corrected chi connectivity index (χ4v) is 3.68. The van der Waals surface area contributed by atoms with Crippen molar-refractivity contribution in [1.29, 1.82) is 0 Å². The van der Waals surface area contributed by atoms with Crippen LogP contribution >= 0.6 is 0 Å².